The van der Waals surface area contributed by atoms with Crippen LogP contribution in [0.4, 0.5) is 20.2 Å². The number of para-hydroxylation sites is 2. The predicted octanol–water partition coefficient (Wildman–Crippen LogP) is 2.62. The Morgan fingerprint density at radius 1 is 1.09 bits per heavy atom. The Kier molecular flexibility index (Phi) is 6.55. The molecule has 8 nitrogen and oxygen atoms in total. The van der Waals surface area contributed by atoms with E-state index in [9.17, 15) is 26.8 Å². The Hall–Kier alpha value is -3.86. The first-order chi connectivity index (χ1) is 16.3. The van der Waals surface area contributed by atoms with Gasteiger partial charge in [0.05, 0.1) is 17.8 Å². The lowest BCUT2D eigenvalue weighted by atomic mass is 10.1. The summed E-state index contributed by atoms with van der Waals surface area (Å²) in [4.78, 5) is 28.6. The monoisotopic (exact) mass is 486 g/mol. The number of rotatable bonds is 7. The van der Waals surface area contributed by atoms with Gasteiger partial charge < -0.3 is 10.6 Å². The van der Waals surface area contributed by atoms with Crippen LogP contribution in [0.2, 0.25) is 0 Å². The zero-order valence-electron chi connectivity index (χ0n) is 17.7. The Morgan fingerprint density at radius 2 is 1.82 bits per heavy atom. The molecule has 34 heavy (non-hydrogen) atoms. The molecule has 3 aromatic rings. The van der Waals surface area contributed by atoms with Crippen LogP contribution >= 0.6 is 0 Å². The topological polar surface area (TPSA) is 108 Å². The van der Waals surface area contributed by atoms with Gasteiger partial charge in [0, 0.05) is 25.0 Å². The highest BCUT2D eigenvalue weighted by Gasteiger charge is 2.42. The average Bonchev–Trinajstić information content (AvgIpc) is 2.80. The lowest BCUT2D eigenvalue weighted by Gasteiger charge is -2.36. The van der Waals surface area contributed by atoms with Crippen molar-refractivity contribution in [3.63, 3.8) is 0 Å². The van der Waals surface area contributed by atoms with Crippen molar-refractivity contribution in [2.75, 3.05) is 16.2 Å². The number of anilines is 2. The molecule has 0 saturated carbocycles. The van der Waals surface area contributed by atoms with Gasteiger partial charge in [0.25, 0.3) is 10.0 Å². The Balaban J connectivity index is 1.62. The Morgan fingerprint density at radius 3 is 2.56 bits per heavy atom. The molecule has 1 atom stereocenters. The SMILES string of the molecule is O=C(C[C@@H]1C(=O)Nc2ccccc2N1S(=O)(=O)c1ccc(F)cc1F)NCCc1ccncc1. The molecule has 176 valence electrons. The fourth-order valence-corrected chi connectivity index (χ4v) is 5.35. The Labute approximate surface area is 194 Å². The number of benzene rings is 2. The van der Waals surface area contributed by atoms with Gasteiger partial charge in [0.2, 0.25) is 11.8 Å². The highest BCUT2D eigenvalue weighted by molar-refractivity contribution is 7.93. The molecule has 2 amide bonds. The molecular weight excluding hydrogens is 466 g/mol. The number of amides is 2. The highest BCUT2D eigenvalue weighted by Crippen LogP contribution is 2.37. The van der Waals surface area contributed by atoms with Crippen molar-refractivity contribution in [3.05, 3.63) is 84.2 Å². The van der Waals surface area contributed by atoms with Gasteiger partial charge in [0.15, 0.2) is 0 Å². The van der Waals surface area contributed by atoms with Crippen molar-refractivity contribution in [2.24, 2.45) is 0 Å². The van der Waals surface area contributed by atoms with Gasteiger partial charge in [-0.1, -0.05) is 12.1 Å². The minimum atomic E-state index is -4.67. The molecule has 4 rings (SSSR count). The van der Waals surface area contributed by atoms with Crippen molar-refractivity contribution < 1.29 is 26.8 Å². The van der Waals surface area contributed by atoms with E-state index in [1.54, 1.807) is 36.7 Å². The van der Waals surface area contributed by atoms with Gasteiger partial charge in [-0.15, -0.1) is 0 Å². The molecule has 1 aliphatic rings. The standard InChI is InChI=1S/C23H20F2N4O4S/c24-16-5-6-21(17(25)13-16)34(32,33)29-19-4-2-1-3-18(19)28-23(31)20(29)14-22(30)27-12-9-15-7-10-26-11-8-15/h1-8,10-11,13,20H,9,12,14H2,(H,27,30)(H,28,31)/t20-/m1/s1. The van der Waals surface area contributed by atoms with Crippen LogP contribution in [-0.4, -0.2) is 37.8 Å². The maximum absolute atomic E-state index is 14.5. The number of aromatic nitrogens is 1. The third-order valence-electron chi connectivity index (χ3n) is 5.28. The first kappa shape index (κ1) is 23.3. The third kappa shape index (κ3) is 4.74. The number of carbonyl (C=O) groups is 2. The van der Waals surface area contributed by atoms with Gasteiger partial charge in [0.1, 0.15) is 22.6 Å². The summed E-state index contributed by atoms with van der Waals surface area (Å²) in [6, 6.07) is 10.2. The van der Waals surface area contributed by atoms with Crippen LogP contribution in [0.25, 0.3) is 0 Å². The smallest absolute Gasteiger partial charge is 0.268 e. The highest BCUT2D eigenvalue weighted by atomic mass is 32.2. The molecule has 1 aromatic heterocycles. The zero-order valence-corrected chi connectivity index (χ0v) is 18.6. The molecule has 0 aliphatic carbocycles. The van der Waals surface area contributed by atoms with Crippen molar-refractivity contribution in [1.82, 2.24) is 10.3 Å². The number of carbonyl (C=O) groups excluding carboxylic acids is 2. The predicted molar refractivity (Wildman–Crippen MR) is 120 cm³/mol. The second-order valence-electron chi connectivity index (χ2n) is 7.56. The van der Waals surface area contributed by atoms with E-state index < -0.39 is 50.8 Å². The summed E-state index contributed by atoms with van der Waals surface area (Å²) in [5.74, 6) is -3.55. The number of hydrogen-bond acceptors (Lipinski definition) is 5. The molecule has 0 fully saturated rings. The van der Waals surface area contributed by atoms with Crippen molar-refractivity contribution in [2.45, 2.75) is 23.8 Å². The molecule has 0 saturated heterocycles. The average molecular weight is 487 g/mol. The van der Waals surface area contributed by atoms with Gasteiger partial charge >= 0.3 is 0 Å². The number of nitrogens with zero attached hydrogens (tertiary/aromatic N) is 2. The van der Waals surface area contributed by atoms with Crippen LogP contribution in [-0.2, 0) is 26.0 Å². The van der Waals surface area contributed by atoms with Crippen molar-refractivity contribution >= 4 is 33.2 Å². The quantitative estimate of drug-likeness (QED) is 0.534. The molecule has 11 heteroatoms. The van der Waals surface area contributed by atoms with Crippen LogP contribution in [0.3, 0.4) is 0 Å². The van der Waals surface area contributed by atoms with Gasteiger partial charge in [-0.3, -0.25) is 18.9 Å². The van der Waals surface area contributed by atoms with Crippen LogP contribution in [0.5, 0.6) is 0 Å². The maximum atomic E-state index is 14.5. The number of fused-ring (bicyclic) bond motifs is 1. The fourth-order valence-electron chi connectivity index (χ4n) is 3.67. The molecule has 2 N–H and O–H groups in total. The van der Waals surface area contributed by atoms with E-state index in [4.69, 9.17) is 0 Å². The summed E-state index contributed by atoms with van der Waals surface area (Å²) in [5, 5.41) is 5.26. The molecule has 1 aliphatic heterocycles. The molecule has 2 heterocycles. The van der Waals surface area contributed by atoms with Crippen LogP contribution in [0, 0.1) is 11.6 Å². The first-order valence-corrected chi connectivity index (χ1v) is 11.8. The van der Waals surface area contributed by atoms with Crippen molar-refractivity contribution in [3.8, 4) is 0 Å². The molecule has 0 bridgehead atoms. The largest absolute Gasteiger partial charge is 0.356 e. The van der Waals surface area contributed by atoms with E-state index in [0.717, 1.165) is 22.0 Å². The second kappa shape index (κ2) is 9.56. The zero-order chi connectivity index (χ0) is 24.3. The van der Waals surface area contributed by atoms with E-state index in [0.29, 0.717) is 12.5 Å². The number of halogens is 2. The number of nitrogens with one attached hydrogen (secondary N) is 2. The van der Waals surface area contributed by atoms with Crippen LogP contribution in [0.15, 0.2) is 71.9 Å². The van der Waals surface area contributed by atoms with Crippen molar-refractivity contribution in [1.29, 1.82) is 0 Å². The summed E-state index contributed by atoms with van der Waals surface area (Å²) in [6.45, 7) is 0.257. The van der Waals surface area contributed by atoms with Crippen LogP contribution < -0.4 is 14.9 Å². The summed E-state index contributed by atoms with van der Waals surface area (Å²) in [6.07, 6.45) is 3.26. The maximum Gasteiger partial charge on any atom is 0.268 e. The molecule has 2 aromatic carbocycles. The Bertz CT molecular complexity index is 1340. The summed E-state index contributed by atoms with van der Waals surface area (Å²) >= 11 is 0. The molecule has 0 radical (unpaired) electrons. The number of pyridine rings is 1. The summed E-state index contributed by atoms with van der Waals surface area (Å²) < 4.78 is 55.5. The van der Waals surface area contributed by atoms with Gasteiger partial charge in [-0.05, 0) is 48.4 Å². The lowest BCUT2D eigenvalue weighted by Crippen LogP contribution is -2.53. The minimum Gasteiger partial charge on any atom is -0.356 e. The first-order valence-electron chi connectivity index (χ1n) is 10.3. The molecule has 0 unspecified atom stereocenters. The van der Waals surface area contributed by atoms with Gasteiger partial charge in [-0.25, -0.2) is 17.2 Å². The molecular formula is C23H20F2N4O4S. The fraction of sp³-hybridized carbons (Fsp3) is 0.174. The summed E-state index contributed by atoms with van der Waals surface area (Å²) in [7, 11) is -4.67. The second-order valence-corrected chi connectivity index (χ2v) is 9.34. The van der Waals surface area contributed by atoms with E-state index in [-0.39, 0.29) is 17.9 Å². The number of sulfonamides is 1. The number of hydrogen-bond donors (Lipinski definition) is 2. The lowest BCUT2D eigenvalue weighted by molar-refractivity contribution is -0.125. The third-order valence-corrected chi connectivity index (χ3v) is 7.14. The van der Waals surface area contributed by atoms with E-state index in [1.165, 1.54) is 12.1 Å². The van der Waals surface area contributed by atoms with E-state index >= 15 is 0 Å². The normalized spacial score (nSPS) is 15.4. The molecule has 0 spiro atoms. The minimum absolute atomic E-state index is 0.0698. The van der Waals surface area contributed by atoms with Gasteiger partial charge in [-0.2, -0.15) is 0 Å². The summed E-state index contributed by atoms with van der Waals surface area (Å²) in [5.41, 5.74) is 1.20. The van der Waals surface area contributed by atoms with Crippen LogP contribution in [0.1, 0.15) is 12.0 Å². The van der Waals surface area contributed by atoms with E-state index in [1.807, 2.05) is 0 Å². The van der Waals surface area contributed by atoms with E-state index in [2.05, 4.69) is 15.6 Å².